The molecule has 0 saturated carbocycles. The molecule has 0 bridgehead atoms. The average molecular weight is 452 g/mol. The minimum Gasteiger partial charge on any atom is -0.489 e. The van der Waals surface area contributed by atoms with Gasteiger partial charge >= 0.3 is 0 Å². The van der Waals surface area contributed by atoms with E-state index in [1.165, 1.54) is 16.8 Å². The molecule has 1 aliphatic carbocycles. The van der Waals surface area contributed by atoms with E-state index >= 15 is 0 Å². The normalized spacial score (nSPS) is 15.6. The van der Waals surface area contributed by atoms with Gasteiger partial charge in [-0.2, -0.15) is 5.10 Å². The van der Waals surface area contributed by atoms with E-state index in [9.17, 15) is 0 Å². The van der Waals surface area contributed by atoms with Crippen LogP contribution in [-0.2, 0) is 25.9 Å². The second-order valence-corrected chi connectivity index (χ2v) is 8.87. The molecule has 5 rings (SSSR count). The summed E-state index contributed by atoms with van der Waals surface area (Å²) in [4.78, 5) is 0. The van der Waals surface area contributed by atoms with Gasteiger partial charge in [0.05, 0.1) is 6.20 Å². The van der Waals surface area contributed by atoms with Crippen molar-refractivity contribution in [3.05, 3.63) is 105 Å². The first-order valence-electron chi connectivity index (χ1n) is 10.5. The van der Waals surface area contributed by atoms with Crippen molar-refractivity contribution in [2.24, 2.45) is 0 Å². The summed E-state index contributed by atoms with van der Waals surface area (Å²) in [6.07, 6.45) is 10.2. The number of benzene rings is 2. The third-order valence-electron chi connectivity index (χ3n) is 5.93. The molecule has 0 radical (unpaired) electrons. The highest BCUT2D eigenvalue weighted by molar-refractivity contribution is 6.36. The lowest BCUT2D eigenvalue weighted by molar-refractivity contribution is 0.306. The first kappa shape index (κ1) is 20.2. The number of fused-ring (bicyclic) bond motifs is 1. The van der Waals surface area contributed by atoms with Crippen LogP contribution in [0.1, 0.15) is 40.4 Å². The highest BCUT2D eigenvalue weighted by Gasteiger charge is 2.21. The Labute approximate surface area is 191 Å². The maximum absolute atomic E-state index is 6.58. The molecule has 31 heavy (non-hydrogen) atoms. The van der Waals surface area contributed by atoms with E-state index in [1.807, 2.05) is 48.7 Å². The number of rotatable bonds is 6. The maximum Gasteiger partial charge on any atom is 0.122 e. The average Bonchev–Trinajstić information content (AvgIpc) is 3.44. The standard InChI is InChI=1S/C25H23Cl2N3O/c26-23-12-21(31-16-17-4-2-1-3-5-17)13-24(27)22(23)10-18-8-9-30(15-18)20-6-7-25-19(11-20)14-28-29-25/h1-5,8-9,12-15,20H,6-7,10-11,16H2,(H,28,29). The molecule has 1 unspecified atom stereocenters. The number of halogens is 2. The monoisotopic (exact) mass is 451 g/mol. The fraction of sp³-hybridized carbons (Fsp3) is 0.240. The van der Waals surface area contributed by atoms with E-state index in [4.69, 9.17) is 27.9 Å². The summed E-state index contributed by atoms with van der Waals surface area (Å²) in [6, 6.07) is 16.3. The van der Waals surface area contributed by atoms with Gasteiger partial charge in [-0.1, -0.05) is 53.5 Å². The SMILES string of the molecule is Clc1cc(OCc2ccccc2)cc(Cl)c1Cc1ccn(C2CCc3[nH]ncc3C2)c1. The van der Waals surface area contributed by atoms with Crippen molar-refractivity contribution in [2.75, 3.05) is 0 Å². The third-order valence-corrected chi connectivity index (χ3v) is 6.61. The second-order valence-electron chi connectivity index (χ2n) is 8.05. The third kappa shape index (κ3) is 4.51. The molecule has 1 atom stereocenters. The van der Waals surface area contributed by atoms with E-state index in [0.717, 1.165) is 30.4 Å². The number of aromatic nitrogens is 3. The van der Waals surface area contributed by atoms with E-state index < -0.39 is 0 Å². The Morgan fingerprint density at radius 1 is 1.06 bits per heavy atom. The van der Waals surface area contributed by atoms with Gasteiger partial charge < -0.3 is 9.30 Å². The van der Waals surface area contributed by atoms with Crippen molar-refractivity contribution in [1.29, 1.82) is 0 Å². The zero-order chi connectivity index (χ0) is 21.2. The quantitative estimate of drug-likeness (QED) is 0.367. The molecule has 158 valence electrons. The van der Waals surface area contributed by atoms with E-state index in [2.05, 4.69) is 33.2 Å². The number of H-pyrrole nitrogens is 1. The zero-order valence-electron chi connectivity index (χ0n) is 17.0. The van der Waals surface area contributed by atoms with Crippen LogP contribution in [-0.4, -0.2) is 14.8 Å². The Morgan fingerprint density at radius 2 is 1.87 bits per heavy atom. The number of hydrogen-bond donors (Lipinski definition) is 1. The van der Waals surface area contributed by atoms with Crippen LogP contribution in [0.5, 0.6) is 5.75 Å². The van der Waals surface area contributed by atoms with Crippen LogP contribution in [0, 0.1) is 0 Å². The van der Waals surface area contributed by atoms with Gasteiger partial charge in [0.2, 0.25) is 0 Å². The number of aromatic amines is 1. The lowest BCUT2D eigenvalue weighted by atomic mass is 9.93. The van der Waals surface area contributed by atoms with Gasteiger partial charge in [0, 0.05) is 40.6 Å². The fourth-order valence-corrected chi connectivity index (χ4v) is 4.82. The summed E-state index contributed by atoms with van der Waals surface area (Å²) in [5.41, 5.74) is 5.82. The number of ether oxygens (including phenoxy) is 1. The van der Waals surface area contributed by atoms with Crippen LogP contribution in [0.25, 0.3) is 0 Å². The van der Waals surface area contributed by atoms with E-state index in [0.29, 0.717) is 34.9 Å². The minimum atomic E-state index is 0.457. The molecule has 6 heteroatoms. The lowest BCUT2D eigenvalue weighted by Crippen LogP contribution is -2.16. The van der Waals surface area contributed by atoms with Crippen LogP contribution in [0.4, 0.5) is 0 Å². The van der Waals surface area contributed by atoms with Crippen LogP contribution >= 0.6 is 23.2 Å². The minimum absolute atomic E-state index is 0.457. The summed E-state index contributed by atoms with van der Waals surface area (Å²) in [5, 5.41) is 8.54. The predicted molar refractivity (Wildman–Crippen MR) is 124 cm³/mol. The van der Waals surface area contributed by atoms with Gasteiger partial charge in [0.15, 0.2) is 0 Å². The Kier molecular flexibility index (Phi) is 5.75. The molecule has 4 nitrogen and oxygen atoms in total. The molecule has 0 fully saturated rings. The summed E-state index contributed by atoms with van der Waals surface area (Å²) >= 11 is 13.2. The topological polar surface area (TPSA) is 42.8 Å². The lowest BCUT2D eigenvalue weighted by Gasteiger charge is -2.23. The van der Waals surface area contributed by atoms with Crippen molar-refractivity contribution < 1.29 is 4.74 Å². The van der Waals surface area contributed by atoms with Crippen LogP contribution in [0.15, 0.2) is 67.1 Å². The van der Waals surface area contributed by atoms with Crippen molar-refractivity contribution in [3.63, 3.8) is 0 Å². The fourth-order valence-electron chi connectivity index (χ4n) is 4.22. The largest absolute Gasteiger partial charge is 0.489 e. The van der Waals surface area contributed by atoms with Gasteiger partial charge in [-0.05, 0) is 59.7 Å². The summed E-state index contributed by atoms with van der Waals surface area (Å²) < 4.78 is 8.19. The zero-order valence-corrected chi connectivity index (χ0v) is 18.5. The molecule has 1 aliphatic rings. The number of nitrogens with one attached hydrogen (secondary N) is 1. The van der Waals surface area contributed by atoms with Gasteiger partial charge in [-0.3, -0.25) is 5.10 Å². The molecular weight excluding hydrogens is 429 g/mol. The molecule has 0 amide bonds. The number of aryl methyl sites for hydroxylation is 1. The maximum atomic E-state index is 6.58. The summed E-state index contributed by atoms with van der Waals surface area (Å²) in [6.45, 7) is 0.482. The second kappa shape index (κ2) is 8.81. The molecule has 4 aromatic rings. The van der Waals surface area contributed by atoms with Gasteiger partial charge in [0.1, 0.15) is 12.4 Å². The number of nitrogens with zero attached hydrogens (tertiary/aromatic N) is 2. The number of hydrogen-bond acceptors (Lipinski definition) is 2. The Bertz CT molecular complexity index is 1160. The Morgan fingerprint density at radius 3 is 2.68 bits per heavy atom. The molecule has 0 aliphatic heterocycles. The predicted octanol–water partition coefficient (Wildman–Crippen LogP) is 6.42. The molecule has 0 spiro atoms. The van der Waals surface area contributed by atoms with Crippen molar-refractivity contribution >= 4 is 23.2 Å². The van der Waals surface area contributed by atoms with E-state index in [1.54, 1.807) is 0 Å². The first-order valence-corrected chi connectivity index (χ1v) is 11.2. The van der Waals surface area contributed by atoms with Crippen molar-refractivity contribution in [1.82, 2.24) is 14.8 Å². The molecule has 2 aromatic carbocycles. The van der Waals surface area contributed by atoms with Gasteiger partial charge in [0.25, 0.3) is 0 Å². The van der Waals surface area contributed by atoms with Crippen LogP contribution in [0.2, 0.25) is 10.0 Å². The molecule has 0 saturated heterocycles. The highest BCUT2D eigenvalue weighted by atomic mass is 35.5. The van der Waals surface area contributed by atoms with Gasteiger partial charge in [-0.15, -0.1) is 0 Å². The van der Waals surface area contributed by atoms with Crippen LogP contribution < -0.4 is 4.74 Å². The molecule has 2 aromatic heterocycles. The first-order chi connectivity index (χ1) is 15.2. The molecule has 2 heterocycles. The smallest absolute Gasteiger partial charge is 0.122 e. The van der Waals surface area contributed by atoms with Crippen molar-refractivity contribution in [3.8, 4) is 5.75 Å². The highest BCUT2D eigenvalue weighted by Crippen LogP contribution is 2.33. The molecule has 1 N–H and O–H groups in total. The van der Waals surface area contributed by atoms with E-state index in [-0.39, 0.29) is 0 Å². The summed E-state index contributed by atoms with van der Waals surface area (Å²) in [7, 11) is 0. The van der Waals surface area contributed by atoms with Gasteiger partial charge in [-0.25, -0.2) is 0 Å². The Hall–Kier alpha value is -2.69. The van der Waals surface area contributed by atoms with Crippen LogP contribution in [0.3, 0.4) is 0 Å². The molecular formula is C25H23Cl2N3O. The Balaban J connectivity index is 1.27. The van der Waals surface area contributed by atoms with Crippen molar-refractivity contribution in [2.45, 2.75) is 38.3 Å². The summed E-state index contributed by atoms with van der Waals surface area (Å²) in [5.74, 6) is 0.679.